The van der Waals surface area contributed by atoms with Crippen molar-refractivity contribution in [2.45, 2.75) is 13.2 Å². The fourth-order valence-electron chi connectivity index (χ4n) is 2.19. The van der Waals surface area contributed by atoms with Crippen LogP contribution in [-0.4, -0.2) is 21.0 Å². The fraction of sp³-hybridized carbons (Fsp3) is 0.118. The lowest BCUT2D eigenvalue weighted by atomic mass is 10.1. The molecule has 0 saturated heterocycles. The van der Waals surface area contributed by atoms with E-state index in [1.807, 2.05) is 6.07 Å². The highest BCUT2D eigenvalue weighted by molar-refractivity contribution is 5.77. The van der Waals surface area contributed by atoms with Crippen LogP contribution in [0.25, 0.3) is 10.9 Å². The van der Waals surface area contributed by atoms with E-state index in [0.29, 0.717) is 22.0 Å². The molecule has 2 aromatic carbocycles. The van der Waals surface area contributed by atoms with Crippen LogP contribution in [-0.2, 0) is 22.7 Å². The molecule has 0 radical (unpaired) electrons. The van der Waals surface area contributed by atoms with Crippen molar-refractivity contribution in [3.05, 3.63) is 70.0 Å². The topological polar surface area (TPSA) is 97.9 Å². The average molecular weight is 320 g/mol. The number of ether oxygens (including phenoxy) is 1. The third-order valence-corrected chi connectivity index (χ3v) is 3.36. The minimum absolute atomic E-state index is 0.0180. The molecule has 1 aromatic heterocycles. The van der Waals surface area contributed by atoms with E-state index in [1.165, 1.54) is 0 Å². The van der Waals surface area contributed by atoms with E-state index in [1.54, 1.807) is 48.5 Å². The van der Waals surface area contributed by atoms with Gasteiger partial charge in [-0.15, -0.1) is 5.10 Å². The molecule has 0 fully saturated rings. The second-order valence-electron chi connectivity index (χ2n) is 5.04. The van der Waals surface area contributed by atoms with Gasteiger partial charge >= 0.3 is 5.97 Å². The van der Waals surface area contributed by atoms with Gasteiger partial charge in [-0.1, -0.05) is 29.5 Å². The molecule has 0 bridgehead atoms. The number of hydrogen-bond donors (Lipinski definition) is 0. The third-order valence-electron chi connectivity index (χ3n) is 3.36. The first-order valence-electron chi connectivity index (χ1n) is 7.14. The summed E-state index contributed by atoms with van der Waals surface area (Å²) < 4.78 is 6.09. The highest BCUT2D eigenvalue weighted by Crippen LogP contribution is 2.06. The van der Waals surface area contributed by atoms with E-state index in [-0.39, 0.29) is 13.2 Å². The molecule has 0 unspecified atom stereocenters. The standard InChI is InChI=1S/C17H12N4O3/c18-9-12-4-3-5-13(8-12)11-24-16(22)10-21-17(23)14-6-1-2-7-15(14)19-20-21/h1-8H,10-11H2. The van der Waals surface area contributed by atoms with E-state index in [9.17, 15) is 9.59 Å². The van der Waals surface area contributed by atoms with Gasteiger partial charge in [0.1, 0.15) is 18.7 Å². The summed E-state index contributed by atoms with van der Waals surface area (Å²) in [6, 6.07) is 15.5. The Hall–Kier alpha value is -3.53. The van der Waals surface area contributed by atoms with Gasteiger partial charge < -0.3 is 4.74 Å². The number of carbonyl (C=O) groups is 1. The van der Waals surface area contributed by atoms with E-state index in [4.69, 9.17) is 10.00 Å². The molecule has 0 aliphatic heterocycles. The van der Waals surface area contributed by atoms with Crippen molar-refractivity contribution < 1.29 is 9.53 Å². The summed E-state index contributed by atoms with van der Waals surface area (Å²) in [5.74, 6) is -0.607. The zero-order valence-corrected chi connectivity index (χ0v) is 12.5. The Balaban J connectivity index is 1.70. The molecule has 0 aliphatic carbocycles. The van der Waals surface area contributed by atoms with Gasteiger partial charge in [0, 0.05) is 0 Å². The Morgan fingerprint density at radius 1 is 1.21 bits per heavy atom. The first-order valence-corrected chi connectivity index (χ1v) is 7.14. The molecular formula is C17H12N4O3. The molecule has 24 heavy (non-hydrogen) atoms. The van der Waals surface area contributed by atoms with Crippen LogP contribution in [0.4, 0.5) is 0 Å². The normalized spacial score (nSPS) is 10.3. The summed E-state index contributed by atoms with van der Waals surface area (Å²) in [5, 5.41) is 16.9. The predicted molar refractivity (Wildman–Crippen MR) is 84.8 cm³/mol. The maximum absolute atomic E-state index is 12.2. The molecule has 118 valence electrons. The maximum Gasteiger partial charge on any atom is 0.328 e. The lowest BCUT2D eigenvalue weighted by Crippen LogP contribution is -2.28. The van der Waals surface area contributed by atoms with Crippen molar-refractivity contribution in [3.63, 3.8) is 0 Å². The Labute approximate surface area is 136 Å². The van der Waals surface area contributed by atoms with Crippen LogP contribution in [0, 0.1) is 11.3 Å². The van der Waals surface area contributed by atoms with Gasteiger partial charge in [-0.2, -0.15) is 9.94 Å². The lowest BCUT2D eigenvalue weighted by Gasteiger charge is -2.06. The summed E-state index contributed by atoms with van der Waals surface area (Å²) >= 11 is 0. The molecule has 7 heteroatoms. The van der Waals surface area contributed by atoms with E-state index in [0.717, 1.165) is 4.68 Å². The van der Waals surface area contributed by atoms with Crippen LogP contribution in [0.15, 0.2) is 53.3 Å². The van der Waals surface area contributed by atoms with Crippen molar-refractivity contribution in [2.75, 3.05) is 0 Å². The van der Waals surface area contributed by atoms with Crippen LogP contribution in [0.2, 0.25) is 0 Å². The van der Waals surface area contributed by atoms with Crippen molar-refractivity contribution in [3.8, 4) is 6.07 Å². The first kappa shape index (κ1) is 15.4. The molecule has 0 amide bonds. The number of carbonyl (C=O) groups excluding carboxylic acids is 1. The zero-order chi connectivity index (χ0) is 16.9. The highest BCUT2D eigenvalue weighted by Gasteiger charge is 2.10. The lowest BCUT2D eigenvalue weighted by molar-refractivity contribution is -0.146. The smallest absolute Gasteiger partial charge is 0.328 e. The number of hydrogen-bond acceptors (Lipinski definition) is 6. The summed E-state index contributed by atoms with van der Waals surface area (Å²) in [6.07, 6.45) is 0. The van der Waals surface area contributed by atoms with Gasteiger partial charge in [-0.25, -0.2) is 0 Å². The third kappa shape index (κ3) is 3.28. The summed E-state index contributed by atoms with van der Waals surface area (Å²) in [6.45, 7) is -0.307. The van der Waals surface area contributed by atoms with Crippen molar-refractivity contribution in [2.24, 2.45) is 0 Å². The minimum Gasteiger partial charge on any atom is -0.459 e. The Bertz CT molecular complexity index is 1000. The van der Waals surface area contributed by atoms with Crippen molar-refractivity contribution in [1.82, 2.24) is 15.0 Å². The Kier molecular flexibility index (Phi) is 4.29. The molecule has 3 rings (SSSR count). The molecule has 7 nitrogen and oxygen atoms in total. The van der Waals surface area contributed by atoms with Crippen LogP contribution in [0.5, 0.6) is 0 Å². The highest BCUT2D eigenvalue weighted by atomic mass is 16.5. The number of esters is 1. The summed E-state index contributed by atoms with van der Waals surface area (Å²) in [5.41, 5.74) is 1.25. The van der Waals surface area contributed by atoms with Gasteiger partial charge in [0.15, 0.2) is 0 Å². The Morgan fingerprint density at radius 3 is 2.88 bits per heavy atom. The quantitative estimate of drug-likeness (QED) is 0.674. The van der Waals surface area contributed by atoms with E-state index >= 15 is 0 Å². The largest absolute Gasteiger partial charge is 0.459 e. The van der Waals surface area contributed by atoms with Gasteiger partial charge in [0.25, 0.3) is 5.56 Å². The average Bonchev–Trinajstić information content (AvgIpc) is 2.63. The van der Waals surface area contributed by atoms with Crippen molar-refractivity contribution >= 4 is 16.9 Å². The first-order chi connectivity index (χ1) is 11.7. The SMILES string of the molecule is N#Cc1cccc(COC(=O)Cn2nnc3ccccc3c2=O)c1. The van der Waals surface area contributed by atoms with Gasteiger partial charge in [0.2, 0.25) is 0 Å². The number of aromatic nitrogens is 3. The minimum atomic E-state index is -0.607. The summed E-state index contributed by atoms with van der Waals surface area (Å²) in [4.78, 5) is 24.2. The van der Waals surface area contributed by atoms with Crippen LogP contribution < -0.4 is 5.56 Å². The predicted octanol–water partition coefficient (Wildman–Crippen LogP) is 1.41. The molecular weight excluding hydrogens is 308 g/mol. The molecule has 0 atom stereocenters. The number of benzene rings is 2. The van der Waals surface area contributed by atoms with E-state index < -0.39 is 11.5 Å². The number of rotatable bonds is 4. The number of fused-ring (bicyclic) bond motifs is 1. The second-order valence-corrected chi connectivity index (χ2v) is 5.04. The maximum atomic E-state index is 12.2. The fourth-order valence-corrected chi connectivity index (χ4v) is 2.19. The molecule has 3 aromatic rings. The van der Waals surface area contributed by atoms with Crippen LogP contribution in [0.1, 0.15) is 11.1 Å². The molecule has 0 aliphatic rings. The monoisotopic (exact) mass is 320 g/mol. The van der Waals surface area contributed by atoms with Gasteiger partial charge in [-0.3, -0.25) is 9.59 Å². The van der Waals surface area contributed by atoms with E-state index in [2.05, 4.69) is 10.3 Å². The number of nitrogens with zero attached hydrogens (tertiary/aromatic N) is 4. The van der Waals surface area contributed by atoms with Crippen LogP contribution >= 0.6 is 0 Å². The molecule has 1 heterocycles. The molecule has 0 spiro atoms. The van der Waals surface area contributed by atoms with Crippen molar-refractivity contribution in [1.29, 1.82) is 5.26 Å². The van der Waals surface area contributed by atoms with Gasteiger partial charge in [-0.05, 0) is 29.8 Å². The Morgan fingerprint density at radius 2 is 2.04 bits per heavy atom. The van der Waals surface area contributed by atoms with Crippen LogP contribution in [0.3, 0.4) is 0 Å². The second kappa shape index (κ2) is 6.71. The molecule has 0 N–H and O–H groups in total. The number of nitriles is 1. The molecule has 0 saturated carbocycles. The zero-order valence-electron chi connectivity index (χ0n) is 12.5. The summed E-state index contributed by atoms with van der Waals surface area (Å²) in [7, 11) is 0. The van der Waals surface area contributed by atoms with Gasteiger partial charge in [0.05, 0.1) is 17.0 Å².